The van der Waals surface area contributed by atoms with E-state index in [1.165, 1.54) is 12.1 Å². The molecular formula is C29H26FN3O3S. The fourth-order valence-corrected chi connectivity index (χ4v) is 5.99. The van der Waals surface area contributed by atoms with Crippen molar-refractivity contribution in [1.29, 1.82) is 0 Å². The number of aryl methyl sites for hydroxylation is 1. The first kappa shape index (κ1) is 24.7. The molecule has 0 fully saturated rings. The van der Waals surface area contributed by atoms with E-state index in [4.69, 9.17) is 0 Å². The van der Waals surface area contributed by atoms with Crippen LogP contribution in [0, 0.1) is 5.82 Å². The zero-order valence-electron chi connectivity index (χ0n) is 20.3. The van der Waals surface area contributed by atoms with E-state index in [0.29, 0.717) is 5.69 Å². The van der Waals surface area contributed by atoms with Gasteiger partial charge in [0.05, 0.1) is 11.4 Å². The first-order valence-corrected chi connectivity index (χ1v) is 13.4. The molecule has 1 aromatic heterocycles. The highest BCUT2D eigenvalue weighted by molar-refractivity contribution is 7.89. The number of aromatic nitrogens is 1. The van der Waals surface area contributed by atoms with Gasteiger partial charge in [0.1, 0.15) is 5.82 Å². The molecular weight excluding hydrogens is 489 g/mol. The van der Waals surface area contributed by atoms with Crippen LogP contribution in [0.4, 0.5) is 10.1 Å². The van der Waals surface area contributed by atoms with Gasteiger partial charge in [-0.2, -0.15) is 4.31 Å². The maximum Gasteiger partial charge on any atom is 0.243 e. The van der Waals surface area contributed by atoms with Crippen LogP contribution in [0.25, 0.3) is 21.8 Å². The number of hydrogen-bond acceptors (Lipinski definition) is 3. The fraction of sp³-hybridized carbons (Fsp3) is 0.138. The summed E-state index contributed by atoms with van der Waals surface area (Å²) in [5.41, 5.74) is 3.49. The monoisotopic (exact) mass is 515 g/mol. The average molecular weight is 516 g/mol. The molecule has 188 valence electrons. The molecule has 37 heavy (non-hydrogen) atoms. The molecule has 0 atom stereocenters. The van der Waals surface area contributed by atoms with Gasteiger partial charge >= 0.3 is 0 Å². The predicted molar refractivity (Wildman–Crippen MR) is 144 cm³/mol. The van der Waals surface area contributed by atoms with E-state index in [1.807, 2.05) is 42.5 Å². The molecule has 1 N–H and O–H groups in total. The molecule has 8 heteroatoms. The van der Waals surface area contributed by atoms with Crippen molar-refractivity contribution in [3.8, 4) is 0 Å². The number of nitrogens with one attached hydrogen (secondary N) is 1. The SMILES string of the molecule is CCn1c2ccccc2c2cc(NC(=O)CN(Cc3ccccc3)S(=O)(=O)c3ccc(F)cc3)ccc21. The summed E-state index contributed by atoms with van der Waals surface area (Å²) in [6.45, 7) is 2.50. The van der Waals surface area contributed by atoms with Gasteiger partial charge in [0.15, 0.2) is 0 Å². The third-order valence-corrected chi connectivity index (χ3v) is 8.15. The Morgan fingerprint density at radius 1 is 0.865 bits per heavy atom. The second-order valence-corrected chi connectivity index (χ2v) is 10.7. The van der Waals surface area contributed by atoms with E-state index in [9.17, 15) is 17.6 Å². The van der Waals surface area contributed by atoms with Crippen LogP contribution in [0.1, 0.15) is 12.5 Å². The Morgan fingerprint density at radius 3 is 2.27 bits per heavy atom. The maximum atomic E-state index is 13.4. The zero-order valence-corrected chi connectivity index (χ0v) is 21.1. The Bertz CT molecular complexity index is 1680. The van der Waals surface area contributed by atoms with E-state index in [0.717, 1.165) is 50.4 Å². The average Bonchev–Trinajstić information content (AvgIpc) is 3.22. The molecule has 0 saturated heterocycles. The van der Waals surface area contributed by atoms with Crippen LogP contribution in [0.2, 0.25) is 0 Å². The van der Waals surface area contributed by atoms with Gasteiger partial charge in [-0.3, -0.25) is 4.79 Å². The first-order valence-electron chi connectivity index (χ1n) is 12.0. The number of rotatable bonds is 8. The smallest absolute Gasteiger partial charge is 0.243 e. The van der Waals surface area contributed by atoms with E-state index < -0.39 is 28.3 Å². The summed E-state index contributed by atoms with van der Waals surface area (Å²) in [5, 5.41) is 4.95. The van der Waals surface area contributed by atoms with Crippen LogP contribution in [-0.4, -0.2) is 29.7 Å². The maximum absolute atomic E-state index is 13.4. The Labute approximate surface area is 215 Å². The van der Waals surface area contributed by atoms with Crippen molar-refractivity contribution in [3.05, 3.63) is 108 Å². The third-order valence-electron chi connectivity index (χ3n) is 6.35. The van der Waals surface area contributed by atoms with Gasteiger partial charge in [0, 0.05) is 40.6 Å². The van der Waals surface area contributed by atoms with Gasteiger partial charge in [-0.15, -0.1) is 0 Å². The second kappa shape index (κ2) is 10.2. The number of carbonyl (C=O) groups is 1. The van der Waals surface area contributed by atoms with Crippen molar-refractivity contribution in [2.45, 2.75) is 24.9 Å². The lowest BCUT2D eigenvalue weighted by atomic mass is 10.1. The first-order chi connectivity index (χ1) is 17.9. The molecule has 6 nitrogen and oxygen atoms in total. The van der Waals surface area contributed by atoms with Crippen LogP contribution in [0.3, 0.4) is 0 Å². The van der Waals surface area contributed by atoms with Crippen molar-refractivity contribution in [2.24, 2.45) is 0 Å². The summed E-state index contributed by atoms with van der Waals surface area (Å²) >= 11 is 0. The highest BCUT2D eigenvalue weighted by atomic mass is 32.2. The van der Waals surface area contributed by atoms with Crippen molar-refractivity contribution in [3.63, 3.8) is 0 Å². The molecule has 0 radical (unpaired) electrons. The molecule has 0 unspecified atom stereocenters. The van der Waals surface area contributed by atoms with Crippen LogP contribution < -0.4 is 5.32 Å². The number of hydrogen-bond donors (Lipinski definition) is 1. The molecule has 5 aromatic rings. The molecule has 0 spiro atoms. The Hall–Kier alpha value is -4.01. The number of para-hydroxylation sites is 1. The van der Waals surface area contributed by atoms with Crippen LogP contribution in [-0.2, 0) is 27.9 Å². The number of benzene rings is 4. The fourth-order valence-electron chi connectivity index (χ4n) is 4.60. The topological polar surface area (TPSA) is 71.4 Å². The third kappa shape index (κ3) is 4.98. The van der Waals surface area contributed by atoms with Gasteiger partial charge in [-0.1, -0.05) is 48.5 Å². The summed E-state index contributed by atoms with van der Waals surface area (Å²) in [4.78, 5) is 13.0. The van der Waals surface area contributed by atoms with E-state index in [2.05, 4.69) is 22.9 Å². The largest absolute Gasteiger partial charge is 0.341 e. The van der Waals surface area contributed by atoms with Crippen LogP contribution >= 0.6 is 0 Å². The van der Waals surface area contributed by atoms with Crippen molar-refractivity contribution in [2.75, 3.05) is 11.9 Å². The Balaban J connectivity index is 1.44. The minimum absolute atomic E-state index is 0.00298. The quantitative estimate of drug-likeness (QED) is 0.285. The molecule has 0 bridgehead atoms. The summed E-state index contributed by atoms with van der Waals surface area (Å²) in [5.74, 6) is -1.01. The lowest BCUT2D eigenvalue weighted by Gasteiger charge is -2.22. The van der Waals surface area contributed by atoms with Crippen LogP contribution in [0.15, 0.2) is 102 Å². The summed E-state index contributed by atoms with van der Waals surface area (Å²) < 4.78 is 43.6. The lowest BCUT2D eigenvalue weighted by molar-refractivity contribution is -0.116. The predicted octanol–water partition coefficient (Wildman–Crippen LogP) is 5.78. The number of anilines is 1. The second-order valence-electron chi connectivity index (χ2n) is 8.75. The summed E-state index contributed by atoms with van der Waals surface area (Å²) in [6, 6.07) is 27.4. The van der Waals surface area contributed by atoms with Gasteiger partial charge in [-0.25, -0.2) is 12.8 Å². The minimum Gasteiger partial charge on any atom is -0.341 e. The highest BCUT2D eigenvalue weighted by Gasteiger charge is 2.27. The van der Waals surface area contributed by atoms with Gasteiger partial charge in [0.2, 0.25) is 15.9 Å². The van der Waals surface area contributed by atoms with Gasteiger partial charge in [0.25, 0.3) is 0 Å². The molecule has 1 heterocycles. The molecule has 0 aliphatic carbocycles. The normalized spacial score (nSPS) is 11.9. The van der Waals surface area contributed by atoms with Gasteiger partial charge < -0.3 is 9.88 Å². The zero-order chi connectivity index (χ0) is 26.0. The molecule has 0 aliphatic heterocycles. The summed E-state index contributed by atoms with van der Waals surface area (Å²) in [7, 11) is -4.06. The number of carbonyl (C=O) groups excluding carboxylic acids is 1. The highest BCUT2D eigenvalue weighted by Crippen LogP contribution is 2.31. The number of halogens is 1. The molecule has 1 amide bonds. The molecule has 5 rings (SSSR count). The van der Waals surface area contributed by atoms with Crippen molar-refractivity contribution in [1.82, 2.24) is 8.87 Å². The van der Waals surface area contributed by atoms with E-state index in [1.54, 1.807) is 24.3 Å². The number of nitrogens with zero attached hydrogens (tertiary/aromatic N) is 2. The molecule has 4 aromatic carbocycles. The molecule has 0 aliphatic rings. The number of amides is 1. The van der Waals surface area contributed by atoms with Gasteiger partial charge in [-0.05, 0) is 61.0 Å². The van der Waals surface area contributed by atoms with Crippen molar-refractivity contribution < 1.29 is 17.6 Å². The number of fused-ring (bicyclic) bond motifs is 3. The van der Waals surface area contributed by atoms with E-state index >= 15 is 0 Å². The summed E-state index contributed by atoms with van der Waals surface area (Å²) in [6.07, 6.45) is 0. The Morgan fingerprint density at radius 2 is 1.54 bits per heavy atom. The van der Waals surface area contributed by atoms with E-state index in [-0.39, 0.29) is 11.4 Å². The molecule has 0 saturated carbocycles. The standard InChI is InChI=1S/C29H26FN3O3S/c1-2-33-27-11-7-6-10-25(27)26-18-23(14-17-28(26)33)31-29(34)20-32(19-21-8-4-3-5-9-21)37(35,36)24-15-12-22(30)13-16-24/h3-18H,2,19-20H2,1H3,(H,31,34). The van der Waals surface area contributed by atoms with Crippen LogP contribution in [0.5, 0.6) is 0 Å². The Kier molecular flexibility index (Phi) is 6.78. The minimum atomic E-state index is -4.06. The van der Waals surface area contributed by atoms with Crippen molar-refractivity contribution >= 4 is 43.4 Å². The number of sulfonamides is 1. The lowest BCUT2D eigenvalue weighted by Crippen LogP contribution is -2.37.